The molecule has 2 aromatic rings. The number of halogens is 1. The minimum absolute atomic E-state index is 0.0931. The van der Waals surface area contributed by atoms with E-state index < -0.39 is 0 Å². The van der Waals surface area contributed by atoms with E-state index in [0.29, 0.717) is 5.02 Å². The van der Waals surface area contributed by atoms with Crippen LogP contribution in [0.25, 0.3) is 6.08 Å². The van der Waals surface area contributed by atoms with Crippen LogP contribution >= 0.6 is 23.4 Å². The van der Waals surface area contributed by atoms with E-state index >= 15 is 0 Å². The van der Waals surface area contributed by atoms with Gasteiger partial charge >= 0.3 is 0 Å². The molecule has 0 N–H and O–H groups in total. The van der Waals surface area contributed by atoms with Crippen molar-refractivity contribution >= 4 is 35.2 Å². The molecule has 1 nitrogen and oxygen atoms in total. The first-order valence-corrected chi connectivity index (χ1v) is 6.72. The zero-order valence-electron chi connectivity index (χ0n) is 9.39. The molecule has 0 aromatic heterocycles. The van der Waals surface area contributed by atoms with Crippen molar-refractivity contribution in [3.05, 3.63) is 69.6 Å². The molecule has 18 heavy (non-hydrogen) atoms. The molecule has 0 spiro atoms. The number of carbonyl (C=O) groups is 1. The fourth-order valence-electron chi connectivity index (χ4n) is 1.88. The Morgan fingerprint density at radius 1 is 1.06 bits per heavy atom. The van der Waals surface area contributed by atoms with E-state index in [4.69, 9.17) is 11.6 Å². The predicted molar refractivity (Wildman–Crippen MR) is 76.1 cm³/mol. The van der Waals surface area contributed by atoms with Crippen LogP contribution in [0, 0.1) is 0 Å². The Hall–Kier alpha value is -1.51. The van der Waals surface area contributed by atoms with Crippen LogP contribution in [0.15, 0.2) is 58.3 Å². The first kappa shape index (κ1) is 11.6. The fraction of sp³-hybridized carbons (Fsp3) is 0. The Morgan fingerprint density at radius 2 is 1.89 bits per heavy atom. The number of ketones is 1. The van der Waals surface area contributed by atoms with E-state index in [-0.39, 0.29) is 5.78 Å². The Kier molecular flexibility index (Phi) is 2.98. The number of rotatable bonds is 1. The molecular formula is C15H9ClOS. The van der Waals surface area contributed by atoms with Crippen molar-refractivity contribution in [1.29, 1.82) is 0 Å². The molecule has 0 amide bonds. The number of benzene rings is 2. The van der Waals surface area contributed by atoms with Crippen molar-refractivity contribution in [3.8, 4) is 0 Å². The second-order valence-corrected chi connectivity index (χ2v) is 5.51. The van der Waals surface area contributed by atoms with Crippen molar-refractivity contribution in [3.63, 3.8) is 0 Å². The fourth-order valence-corrected chi connectivity index (χ4v) is 3.13. The lowest BCUT2D eigenvalue weighted by molar-refractivity contribution is 0.104. The van der Waals surface area contributed by atoms with Gasteiger partial charge in [-0.15, -0.1) is 0 Å². The highest BCUT2D eigenvalue weighted by atomic mass is 35.5. The molecule has 0 saturated carbocycles. The van der Waals surface area contributed by atoms with Gasteiger partial charge in [-0.3, -0.25) is 4.79 Å². The SMILES string of the molecule is O=C1/C(=C/c2cccc(Cl)c2)Sc2ccccc21. The molecule has 88 valence electrons. The average Bonchev–Trinajstić information content (AvgIpc) is 2.67. The quantitative estimate of drug-likeness (QED) is 0.702. The zero-order valence-corrected chi connectivity index (χ0v) is 11.0. The van der Waals surface area contributed by atoms with Crippen LogP contribution in [0.4, 0.5) is 0 Å². The largest absolute Gasteiger partial charge is 0.288 e. The lowest BCUT2D eigenvalue weighted by Crippen LogP contribution is -1.93. The van der Waals surface area contributed by atoms with Gasteiger partial charge in [0.2, 0.25) is 5.78 Å². The summed E-state index contributed by atoms with van der Waals surface area (Å²) in [6.45, 7) is 0. The number of allylic oxidation sites excluding steroid dienone is 1. The molecular weight excluding hydrogens is 264 g/mol. The summed E-state index contributed by atoms with van der Waals surface area (Å²) in [4.78, 5) is 13.9. The third kappa shape index (κ3) is 2.09. The highest BCUT2D eigenvalue weighted by Gasteiger charge is 2.24. The number of carbonyl (C=O) groups excluding carboxylic acids is 1. The van der Waals surface area contributed by atoms with Gasteiger partial charge < -0.3 is 0 Å². The van der Waals surface area contributed by atoms with Crippen molar-refractivity contribution in [2.24, 2.45) is 0 Å². The van der Waals surface area contributed by atoms with Crippen LogP contribution in [0.2, 0.25) is 5.02 Å². The maximum atomic E-state index is 12.2. The van der Waals surface area contributed by atoms with Crippen LogP contribution in [-0.4, -0.2) is 5.78 Å². The summed E-state index contributed by atoms with van der Waals surface area (Å²) in [6.07, 6.45) is 1.89. The lowest BCUT2D eigenvalue weighted by atomic mass is 10.1. The van der Waals surface area contributed by atoms with E-state index in [1.807, 2.05) is 54.6 Å². The molecule has 0 unspecified atom stereocenters. The van der Waals surface area contributed by atoms with Gasteiger partial charge in [-0.25, -0.2) is 0 Å². The van der Waals surface area contributed by atoms with Gasteiger partial charge in [-0.1, -0.05) is 47.6 Å². The second kappa shape index (κ2) is 4.63. The second-order valence-electron chi connectivity index (χ2n) is 3.99. The van der Waals surface area contributed by atoms with E-state index in [1.165, 1.54) is 11.8 Å². The van der Waals surface area contributed by atoms with Gasteiger partial charge in [0.05, 0.1) is 4.91 Å². The summed E-state index contributed by atoms with van der Waals surface area (Å²) in [5, 5.41) is 0.678. The summed E-state index contributed by atoms with van der Waals surface area (Å²) in [5.74, 6) is 0.0931. The van der Waals surface area contributed by atoms with Gasteiger partial charge in [0.1, 0.15) is 0 Å². The van der Waals surface area contributed by atoms with E-state index in [9.17, 15) is 4.79 Å². The normalized spacial score (nSPS) is 16.1. The summed E-state index contributed by atoms with van der Waals surface area (Å²) in [5.41, 5.74) is 1.74. The molecule has 0 radical (unpaired) electrons. The maximum Gasteiger partial charge on any atom is 0.200 e. The smallest absolute Gasteiger partial charge is 0.200 e. The van der Waals surface area contributed by atoms with Crippen LogP contribution in [-0.2, 0) is 0 Å². The van der Waals surface area contributed by atoms with E-state index in [0.717, 1.165) is 20.9 Å². The standard InChI is InChI=1S/C15H9ClOS/c16-11-5-3-4-10(8-11)9-14-15(17)12-6-1-2-7-13(12)18-14/h1-9H/b14-9-. The van der Waals surface area contributed by atoms with Crippen molar-refractivity contribution in [2.75, 3.05) is 0 Å². The first-order valence-electron chi connectivity index (χ1n) is 5.53. The highest BCUT2D eigenvalue weighted by Crippen LogP contribution is 2.40. The Balaban J connectivity index is 1.99. The molecule has 1 aliphatic rings. The molecule has 1 aliphatic heterocycles. The number of Topliss-reactive ketones (excluding diaryl/α,β-unsaturated/α-hetero) is 1. The van der Waals surface area contributed by atoms with Crippen molar-refractivity contribution in [1.82, 2.24) is 0 Å². The molecule has 0 fully saturated rings. The minimum atomic E-state index is 0.0931. The number of hydrogen-bond donors (Lipinski definition) is 0. The lowest BCUT2D eigenvalue weighted by Gasteiger charge is -1.96. The van der Waals surface area contributed by atoms with E-state index in [2.05, 4.69) is 0 Å². The van der Waals surface area contributed by atoms with Gasteiger partial charge in [-0.2, -0.15) is 0 Å². The highest BCUT2D eigenvalue weighted by molar-refractivity contribution is 8.04. The molecule has 0 bridgehead atoms. The van der Waals surface area contributed by atoms with Crippen LogP contribution < -0.4 is 0 Å². The number of fused-ring (bicyclic) bond motifs is 1. The molecule has 0 aliphatic carbocycles. The summed E-state index contributed by atoms with van der Waals surface area (Å²) < 4.78 is 0. The summed E-state index contributed by atoms with van der Waals surface area (Å²) in [6, 6.07) is 15.2. The third-order valence-corrected chi connectivity index (χ3v) is 4.06. The number of thioether (sulfide) groups is 1. The average molecular weight is 273 g/mol. The van der Waals surface area contributed by atoms with Crippen molar-refractivity contribution in [2.45, 2.75) is 4.90 Å². The van der Waals surface area contributed by atoms with Gasteiger partial charge in [0.15, 0.2) is 0 Å². The van der Waals surface area contributed by atoms with Gasteiger partial charge in [0.25, 0.3) is 0 Å². The molecule has 3 rings (SSSR count). The third-order valence-electron chi connectivity index (χ3n) is 2.72. The van der Waals surface area contributed by atoms with Gasteiger partial charge in [-0.05, 0) is 35.9 Å². The predicted octanol–water partition coefficient (Wildman–Crippen LogP) is 4.67. The van der Waals surface area contributed by atoms with E-state index in [1.54, 1.807) is 0 Å². The monoisotopic (exact) mass is 272 g/mol. The molecule has 0 saturated heterocycles. The molecule has 3 heteroatoms. The molecule has 2 aromatic carbocycles. The minimum Gasteiger partial charge on any atom is -0.288 e. The van der Waals surface area contributed by atoms with Crippen LogP contribution in [0.1, 0.15) is 15.9 Å². The van der Waals surface area contributed by atoms with Crippen LogP contribution in [0.3, 0.4) is 0 Å². The van der Waals surface area contributed by atoms with Crippen molar-refractivity contribution < 1.29 is 4.79 Å². The van der Waals surface area contributed by atoms with Crippen LogP contribution in [0.5, 0.6) is 0 Å². The number of hydrogen-bond acceptors (Lipinski definition) is 2. The molecule has 1 heterocycles. The topological polar surface area (TPSA) is 17.1 Å². The zero-order chi connectivity index (χ0) is 12.5. The maximum absolute atomic E-state index is 12.2. The first-order chi connectivity index (χ1) is 8.74. The summed E-state index contributed by atoms with van der Waals surface area (Å²) in [7, 11) is 0. The molecule has 0 atom stereocenters. The Morgan fingerprint density at radius 3 is 2.67 bits per heavy atom. The van der Waals surface area contributed by atoms with Gasteiger partial charge in [0, 0.05) is 15.5 Å². The Labute approximate surface area is 114 Å². The Bertz CT molecular complexity index is 661. The summed E-state index contributed by atoms with van der Waals surface area (Å²) >= 11 is 7.45.